The molecule has 3 nitrogen and oxygen atoms in total. The van der Waals surface area contributed by atoms with Gasteiger partial charge in [-0.05, 0) is 24.1 Å². The highest BCUT2D eigenvalue weighted by molar-refractivity contribution is 6.17. The van der Waals surface area contributed by atoms with Gasteiger partial charge in [-0.1, -0.05) is 6.07 Å². The zero-order valence-corrected chi connectivity index (χ0v) is 9.80. The smallest absolute Gasteiger partial charge is 0.387 e. The summed E-state index contributed by atoms with van der Waals surface area (Å²) in [6, 6.07) is 2.86. The molecule has 1 aromatic rings. The summed E-state index contributed by atoms with van der Waals surface area (Å²) >= 11 is 5.64. The molecule has 0 saturated carbocycles. The molecule has 0 aromatic heterocycles. The van der Waals surface area contributed by atoms with Crippen molar-refractivity contribution in [1.29, 1.82) is 0 Å². The Hall–Kier alpha value is -1.36. The van der Waals surface area contributed by atoms with Gasteiger partial charge in [-0.2, -0.15) is 8.78 Å². The fourth-order valence-corrected chi connectivity index (χ4v) is 1.73. The summed E-state index contributed by atoms with van der Waals surface area (Å²) in [5.41, 5.74) is 1.60. The number of halogens is 3. The summed E-state index contributed by atoms with van der Waals surface area (Å²) in [6.07, 6.45) is -0.370. The number of benzene rings is 1. The van der Waals surface area contributed by atoms with Crippen molar-refractivity contribution in [2.75, 3.05) is 0 Å². The van der Waals surface area contributed by atoms with E-state index in [1.54, 1.807) is 6.92 Å². The van der Waals surface area contributed by atoms with Crippen LogP contribution in [0.1, 0.15) is 16.7 Å². The molecule has 1 N–H and O–H groups in total. The number of carbonyl (C=O) groups is 1. The Kier molecular flexibility index (Phi) is 4.69. The topological polar surface area (TPSA) is 46.5 Å². The zero-order chi connectivity index (χ0) is 13.0. The van der Waals surface area contributed by atoms with Gasteiger partial charge in [-0.3, -0.25) is 4.79 Å². The number of aliphatic carboxylic acids is 1. The minimum absolute atomic E-state index is 0.136. The van der Waals surface area contributed by atoms with Crippen LogP contribution in [-0.2, 0) is 17.1 Å². The van der Waals surface area contributed by atoms with Crippen LogP contribution in [0.5, 0.6) is 5.75 Å². The van der Waals surface area contributed by atoms with E-state index in [0.717, 1.165) is 5.56 Å². The molecular weight excluding hydrogens is 254 g/mol. The molecule has 0 aliphatic heterocycles. The Morgan fingerprint density at radius 1 is 1.47 bits per heavy atom. The molecule has 0 atom stereocenters. The van der Waals surface area contributed by atoms with Crippen LogP contribution in [0.4, 0.5) is 8.78 Å². The van der Waals surface area contributed by atoms with E-state index in [0.29, 0.717) is 5.56 Å². The normalized spacial score (nSPS) is 10.6. The van der Waals surface area contributed by atoms with E-state index in [2.05, 4.69) is 4.74 Å². The van der Waals surface area contributed by atoms with Gasteiger partial charge in [0.25, 0.3) is 0 Å². The predicted molar refractivity (Wildman–Crippen MR) is 58.7 cm³/mol. The minimum atomic E-state index is -2.99. The molecule has 0 radical (unpaired) electrons. The van der Waals surface area contributed by atoms with E-state index >= 15 is 0 Å². The molecule has 0 bridgehead atoms. The number of alkyl halides is 3. The monoisotopic (exact) mass is 264 g/mol. The van der Waals surface area contributed by atoms with Gasteiger partial charge in [0, 0.05) is 11.4 Å². The van der Waals surface area contributed by atoms with Gasteiger partial charge >= 0.3 is 12.6 Å². The maximum Gasteiger partial charge on any atom is 0.387 e. The molecule has 0 aliphatic rings. The highest BCUT2D eigenvalue weighted by Gasteiger charge is 2.14. The lowest BCUT2D eigenvalue weighted by Gasteiger charge is -2.13. The Bertz CT molecular complexity index is 421. The lowest BCUT2D eigenvalue weighted by atomic mass is 10.0. The van der Waals surface area contributed by atoms with Gasteiger partial charge in [0.1, 0.15) is 5.75 Å². The Balaban J connectivity index is 3.15. The van der Waals surface area contributed by atoms with E-state index < -0.39 is 12.6 Å². The fourth-order valence-electron chi connectivity index (χ4n) is 1.44. The lowest BCUT2D eigenvalue weighted by Crippen LogP contribution is -2.08. The molecular formula is C11H11ClF2O3. The standard InChI is InChI=1S/C11H11ClF2O3/c1-6-2-7(4-10(15)16)9(17-11(13)14)3-8(6)5-12/h2-3,11H,4-5H2,1H3,(H,15,16). The maximum absolute atomic E-state index is 12.2. The number of hydrogen-bond acceptors (Lipinski definition) is 2. The van der Waals surface area contributed by atoms with Crippen LogP contribution in [0.25, 0.3) is 0 Å². The van der Waals surface area contributed by atoms with E-state index in [1.807, 2.05) is 0 Å². The molecule has 0 amide bonds. The molecule has 0 saturated heterocycles. The van der Waals surface area contributed by atoms with Crippen molar-refractivity contribution >= 4 is 17.6 Å². The summed E-state index contributed by atoms with van der Waals surface area (Å²) < 4.78 is 28.6. The van der Waals surface area contributed by atoms with E-state index in [4.69, 9.17) is 16.7 Å². The average molecular weight is 265 g/mol. The number of aryl methyl sites for hydroxylation is 1. The number of ether oxygens (including phenoxy) is 1. The van der Waals surface area contributed by atoms with Crippen molar-refractivity contribution < 1.29 is 23.4 Å². The second kappa shape index (κ2) is 5.82. The van der Waals surface area contributed by atoms with Crippen molar-refractivity contribution in [3.8, 4) is 5.75 Å². The summed E-state index contributed by atoms with van der Waals surface area (Å²) in [5, 5.41) is 8.67. The molecule has 6 heteroatoms. The van der Waals surface area contributed by atoms with Crippen molar-refractivity contribution in [1.82, 2.24) is 0 Å². The van der Waals surface area contributed by atoms with Crippen molar-refractivity contribution in [2.24, 2.45) is 0 Å². The van der Waals surface area contributed by atoms with Crippen LogP contribution < -0.4 is 4.74 Å². The number of hydrogen-bond donors (Lipinski definition) is 1. The summed E-state index contributed by atoms with van der Waals surface area (Å²) in [4.78, 5) is 10.6. The Morgan fingerprint density at radius 2 is 2.12 bits per heavy atom. The summed E-state index contributed by atoms with van der Waals surface area (Å²) in [5.74, 6) is -1.09. The first-order valence-corrected chi connectivity index (χ1v) is 5.32. The second-order valence-electron chi connectivity index (χ2n) is 3.47. The first kappa shape index (κ1) is 13.7. The largest absolute Gasteiger partial charge is 0.481 e. The molecule has 0 fully saturated rings. The van der Waals surface area contributed by atoms with Crippen LogP contribution in [0.2, 0.25) is 0 Å². The van der Waals surface area contributed by atoms with E-state index in [-0.39, 0.29) is 23.6 Å². The molecule has 17 heavy (non-hydrogen) atoms. The van der Waals surface area contributed by atoms with Crippen LogP contribution >= 0.6 is 11.6 Å². The summed E-state index contributed by atoms with van der Waals surface area (Å²) in [7, 11) is 0. The number of carboxylic acids is 1. The number of rotatable bonds is 5. The van der Waals surface area contributed by atoms with Crippen molar-refractivity contribution in [3.05, 3.63) is 28.8 Å². The summed E-state index contributed by atoms with van der Waals surface area (Å²) in [6.45, 7) is -1.26. The zero-order valence-electron chi connectivity index (χ0n) is 9.04. The van der Waals surface area contributed by atoms with Gasteiger partial charge in [0.05, 0.1) is 6.42 Å². The molecule has 0 heterocycles. The lowest BCUT2D eigenvalue weighted by molar-refractivity contribution is -0.136. The van der Waals surface area contributed by atoms with E-state index in [1.165, 1.54) is 12.1 Å². The van der Waals surface area contributed by atoms with Crippen LogP contribution in [0, 0.1) is 6.92 Å². The molecule has 0 spiro atoms. The van der Waals surface area contributed by atoms with Gasteiger partial charge in [0.15, 0.2) is 0 Å². The average Bonchev–Trinajstić information content (AvgIpc) is 2.20. The van der Waals surface area contributed by atoms with Gasteiger partial charge in [-0.15, -0.1) is 11.6 Å². The highest BCUT2D eigenvalue weighted by atomic mass is 35.5. The first-order valence-electron chi connectivity index (χ1n) is 4.79. The fraction of sp³-hybridized carbons (Fsp3) is 0.364. The van der Waals surface area contributed by atoms with Crippen molar-refractivity contribution in [2.45, 2.75) is 25.8 Å². The maximum atomic E-state index is 12.2. The first-order chi connectivity index (χ1) is 7.93. The third-order valence-electron chi connectivity index (χ3n) is 2.22. The van der Waals surface area contributed by atoms with Gasteiger partial charge in [-0.25, -0.2) is 0 Å². The SMILES string of the molecule is Cc1cc(CC(=O)O)c(OC(F)F)cc1CCl. The van der Waals surface area contributed by atoms with Crippen LogP contribution in [0.3, 0.4) is 0 Å². The molecule has 1 rings (SSSR count). The van der Waals surface area contributed by atoms with E-state index in [9.17, 15) is 13.6 Å². The van der Waals surface area contributed by atoms with Crippen LogP contribution in [-0.4, -0.2) is 17.7 Å². The third kappa shape index (κ3) is 3.85. The molecule has 0 unspecified atom stereocenters. The minimum Gasteiger partial charge on any atom is -0.481 e. The Morgan fingerprint density at radius 3 is 2.59 bits per heavy atom. The van der Waals surface area contributed by atoms with Crippen molar-refractivity contribution in [3.63, 3.8) is 0 Å². The van der Waals surface area contributed by atoms with Gasteiger partial charge < -0.3 is 9.84 Å². The molecule has 0 aliphatic carbocycles. The Labute approximate surface area is 102 Å². The third-order valence-corrected chi connectivity index (χ3v) is 2.51. The molecule has 94 valence electrons. The van der Waals surface area contributed by atoms with Crippen LogP contribution in [0.15, 0.2) is 12.1 Å². The molecule has 1 aromatic carbocycles. The second-order valence-corrected chi connectivity index (χ2v) is 3.74. The highest BCUT2D eigenvalue weighted by Crippen LogP contribution is 2.26. The number of carboxylic acid groups (broad SMARTS) is 1. The van der Waals surface area contributed by atoms with Gasteiger partial charge in [0.2, 0.25) is 0 Å². The quantitative estimate of drug-likeness (QED) is 0.832. The predicted octanol–water partition coefficient (Wildman–Crippen LogP) is 2.96.